The van der Waals surface area contributed by atoms with Crippen LogP contribution >= 0.6 is 24.0 Å². The monoisotopic (exact) mass is 518 g/mol. The molecule has 3 aromatic rings. The molecular formula is C21H27IN8. The number of H-pyrrole nitrogens is 1. The average molecular weight is 518 g/mol. The fraction of sp³-hybridized carbons (Fsp3) is 0.333. The van der Waals surface area contributed by atoms with Crippen LogP contribution < -0.4 is 10.2 Å². The van der Waals surface area contributed by atoms with Crippen molar-refractivity contribution in [3.63, 3.8) is 0 Å². The summed E-state index contributed by atoms with van der Waals surface area (Å²) in [7, 11) is 0. The van der Waals surface area contributed by atoms with Crippen molar-refractivity contribution in [2.24, 2.45) is 4.99 Å². The number of hydrogen-bond acceptors (Lipinski definition) is 5. The number of pyridine rings is 1. The van der Waals surface area contributed by atoms with Gasteiger partial charge in [-0.2, -0.15) is 5.10 Å². The van der Waals surface area contributed by atoms with Crippen LogP contribution in [0.3, 0.4) is 0 Å². The van der Waals surface area contributed by atoms with E-state index in [0.717, 1.165) is 61.5 Å². The molecule has 1 fully saturated rings. The lowest BCUT2D eigenvalue weighted by atomic mass is 10.1. The maximum atomic E-state index is 4.88. The van der Waals surface area contributed by atoms with E-state index < -0.39 is 0 Å². The fourth-order valence-corrected chi connectivity index (χ4v) is 3.44. The minimum absolute atomic E-state index is 0. The fourth-order valence-electron chi connectivity index (χ4n) is 3.44. The van der Waals surface area contributed by atoms with E-state index in [1.54, 1.807) is 0 Å². The SMILES string of the molecule is CCNC(=NCc1cccc(-c2ncn[nH]2)c1)N1CCN(c2ccccn2)CC1.I. The third-order valence-corrected chi connectivity index (χ3v) is 4.91. The number of benzene rings is 1. The minimum atomic E-state index is 0. The lowest BCUT2D eigenvalue weighted by Crippen LogP contribution is -2.52. The van der Waals surface area contributed by atoms with Gasteiger partial charge in [0, 0.05) is 44.5 Å². The molecule has 0 bridgehead atoms. The summed E-state index contributed by atoms with van der Waals surface area (Å²) in [6, 6.07) is 14.3. The first kappa shape index (κ1) is 22.0. The van der Waals surface area contributed by atoms with E-state index in [1.165, 1.54) is 6.33 Å². The molecule has 4 rings (SSSR count). The Balaban J connectivity index is 0.00000256. The van der Waals surface area contributed by atoms with Gasteiger partial charge < -0.3 is 15.1 Å². The molecule has 9 heteroatoms. The Hall–Kier alpha value is -2.69. The summed E-state index contributed by atoms with van der Waals surface area (Å²) in [6.07, 6.45) is 3.37. The van der Waals surface area contributed by atoms with Crippen LogP contribution in [0.1, 0.15) is 12.5 Å². The number of aromatic nitrogens is 4. The maximum absolute atomic E-state index is 4.88. The van der Waals surface area contributed by atoms with Gasteiger partial charge in [-0.3, -0.25) is 5.10 Å². The Labute approximate surface area is 193 Å². The van der Waals surface area contributed by atoms with Crippen LogP contribution in [-0.4, -0.2) is 63.7 Å². The molecule has 1 aliphatic heterocycles. The summed E-state index contributed by atoms with van der Waals surface area (Å²) >= 11 is 0. The Bertz CT molecular complexity index is 921. The van der Waals surface area contributed by atoms with Gasteiger partial charge >= 0.3 is 0 Å². The van der Waals surface area contributed by atoms with Gasteiger partial charge in [-0.15, -0.1) is 24.0 Å². The van der Waals surface area contributed by atoms with Crippen LogP contribution in [0.4, 0.5) is 5.82 Å². The first-order chi connectivity index (χ1) is 14.3. The Morgan fingerprint density at radius 3 is 2.67 bits per heavy atom. The predicted octanol–water partition coefficient (Wildman–Crippen LogP) is 2.77. The lowest BCUT2D eigenvalue weighted by molar-refractivity contribution is 0.371. The van der Waals surface area contributed by atoms with Crippen LogP contribution in [0.2, 0.25) is 0 Å². The zero-order valence-corrected chi connectivity index (χ0v) is 19.4. The molecule has 0 aliphatic carbocycles. The number of aliphatic imine (C=N–C) groups is 1. The van der Waals surface area contributed by atoms with E-state index >= 15 is 0 Å². The van der Waals surface area contributed by atoms with Gasteiger partial charge in [-0.25, -0.2) is 15.0 Å². The normalized spacial score (nSPS) is 14.4. The largest absolute Gasteiger partial charge is 0.357 e. The highest BCUT2D eigenvalue weighted by atomic mass is 127. The summed E-state index contributed by atoms with van der Waals surface area (Å²) in [5.41, 5.74) is 2.16. The van der Waals surface area contributed by atoms with E-state index in [2.05, 4.69) is 60.4 Å². The molecule has 0 saturated carbocycles. The minimum Gasteiger partial charge on any atom is -0.357 e. The number of halogens is 1. The van der Waals surface area contributed by atoms with Gasteiger partial charge in [-0.1, -0.05) is 24.3 Å². The number of aromatic amines is 1. The molecule has 0 unspecified atom stereocenters. The zero-order valence-electron chi connectivity index (χ0n) is 17.0. The molecule has 8 nitrogen and oxygen atoms in total. The van der Waals surface area contributed by atoms with Crippen LogP contribution in [-0.2, 0) is 6.54 Å². The maximum Gasteiger partial charge on any atom is 0.194 e. The first-order valence-corrected chi connectivity index (χ1v) is 9.97. The van der Waals surface area contributed by atoms with Gasteiger partial charge in [0.15, 0.2) is 11.8 Å². The highest BCUT2D eigenvalue weighted by Crippen LogP contribution is 2.16. The van der Waals surface area contributed by atoms with Crippen molar-refractivity contribution in [3.05, 3.63) is 60.6 Å². The molecule has 158 valence electrons. The third-order valence-electron chi connectivity index (χ3n) is 4.91. The smallest absolute Gasteiger partial charge is 0.194 e. The number of anilines is 1. The lowest BCUT2D eigenvalue weighted by Gasteiger charge is -2.37. The molecule has 1 aromatic carbocycles. The van der Waals surface area contributed by atoms with Crippen molar-refractivity contribution in [3.8, 4) is 11.4 Å². The van der Waals surface area contributed by atoms with Crippen LogP contribution in [0.15, 0.2) is 60.0 Å². The summed E-state index contributed by atoms with van der Waals surface area (Å²) in [6.45, 7) is 7.26. The van der Waals surface area contributed by atoms with Gasteiger partial charge in [0.25, 0.3) is 0 Å². The second kappa shape index (κ2) is 10.9. The number of guanidine groups is 1. The molecule has 0 spiro atoms. The topological polar surface area (TPSA) is 85.3 Å². The Morgan fingerprint density at radius 1 is 1.10 bits per heavy atom. The molecule has 3 heterocycles. The van der Waals surface area contributed by atoms with Gasteiger partial charge in [-0.05, 0) is 30.7 Å². The standard InChI is InChI=1S/C21H26N8.HI/c1-2-22-21(29-12-10-28(11-13-29)19-8-3-4-9-23-19)24-15-17-6-5-7-18(14-17)20-25-16-26-27-20;/h3-9,14,16H,2,10-13,15H2,1H3,(H,22,24)(H,25,26,27);1H. The summed E-state index contributed by atoms with van der Waals surface area (Å²) in [5, 5.41) is 10.3. The van der Waals surface area contributed by atoms with E-state index in [1.807, 2.05) is 30.5 Å². The van der Waals surface area contributed by atoms with Gasteiger partial charge in [0.2, 0.25) is 0 Å². The third kappa shape index (κ3) is 5.47. The van der Waals surface area contributed by atoms with E-state index in [4.69, 9.17) is 4.99 Å². The van der Waals surface area contributed by atoms with E-state index in [9.17, 15) is 0 Å². The van der Waals surface area contributed by atoms with Gasteiger partial charge in [0.1, 0.15) is 12.1 Å². The molecule has 0 atom stereocenters. The van der Waals surface area contributed by atoms with Crippen LogP contribution in [0, 0.1) is 0 Å². The molecule has 2 aromatic heterocycles. The highest BCUT2D eigenvalue weighted by molar-refractivity contribution is 14.0. The number of nitrogens with zero attached hydrogens (tertiary/aromatic N) is 6. The molecule has 2 N–H and O–H groups in total. The number of nitrogens with one attached hydrogen (secondary N) is 2. The summed E-state index contributed by atoms with van der Waals surface area (Å²) in [4.78, 5) is 18.2. The number of rotatable bonds is 5. The van der Waals surface area contributed by atoms with Crippen molar-refractivity contribution >= 4 is 35.8 Å². The van der Waals surface area contributed by atoms with Crippen molar-refractivity contribution in [1.82, 2.24) is 30.4 Å². The van der Waals surface area contributed by atoms with Crippen molar-refractivity contribution < 1.29 is 0 Å². The van der Waals surface area contributed by atoms with Crippen molar-refractivity contribution in [2.75, 3.05) is 37.6 Å². The number of piperazine rings is 1. The number of hydrogen-bond donors (Lipinski definition) is 2. The molecule has 1 saturated heterocycles. The van der Waals surface area contributed by atoms with Crippen LogP contribution in [0.5, 0.6) is 0 Å². The Kier molecular flexibility index (Phi) is 8.00. The van der Waals surface area contributed by atoms with Crippen molar-refractivity contribution in [1.29, 1.82) is 0 Å². The van der Waals surface area contributed by atoms with E-state index in [-0.39, 0.29) is 24.0 Å². The highest BCUT2D eigenvalue weighted by Gasteiger charge is 2.20. The first-order valence-electron chi connectivity index (χ1n) is 9.97. The zero-order chi connectivity index (χ0) is 19.9. The Morgan fingerprint density at radius 2 is 1.97 bits per heavy atom. The van der Waals surface area contributed by atoms with Gasteiger partial charge in [0.05, 0.1) is 6.54 Å². The van der Waals surface area contributed by atoms with Crippen LogP contribution in [0.25, 0.3) is 11.4 Å². The molecule has 0 radical (unpaired) electrons. The van der Waals surface area contributed by atoms with Crippen molar-refractivity contribution in [2.45, 2.75) is 13.5 Å². The second-order valence-electron chi connectivity index (χ2n) is 6.87. The molecule has 0 amide bonds. The summed E-state index contributed by atoms with van der Waals surface area (Å²) < 4.78 is 0. The molecule has 1 aliphatic rings. The second-order valence-corrected chi connectivity index (χ2v) is 6.87. The average Bonchev–Trinajstić information content (AvgIpc) is 3.33. The quantitative estimate of drug-likeness (QED) is 0.307. The van der Waals surface area contributed by atoms with E-state index in [0.29, 0.717) is 6.54 Å². The summed E-state index contributed by atoms with van der Waals surface area (Å²) in [5.74, 6) is 2.77. The molecule has 30 heavy (non-hydrogen) atoms. The molecular weight excluding hydrogens is 491 g/mol. The predicted molar refractivity (Wildman–Crippen MR) is 130 cm³/mol.